The number of nitrogens with zero attached hydrogens (tertiary/aromatic N) is 2. The van der Waals surface area contributed by atoms with E-state index >= 15 is 0 Å². The Kier molecular flexibility index (Phi) is 9.04. The second-order valence-corrected chi connectivity index (χ2v) is 12.4. The summed E-state index contributed by atoms with van der Waals surface area (Å²) in [4.78, 5) is 20.1. The zero-order chi connectivity index (χ0) is 26.4. The van der Waals surface area contributed by atoms with Gasteiger partial charge in [-0.15, -0.1) is 0 Å². The maximum atomic E-state index is 12.3. The van der Waals surface area contributed by atoms with E-state index in [1.54, 1.807) is 23.5 Å². The van der Waals surface area contributed by atoms with Crippen molar-refractivity contribution >= 4 is 38.6 Å². The minimum absolute atomic E-state index is 0.114. The van der Waals surface area contributed by atoms with Gasteiger partial charge >= 0.3 is 0 Å². The van der Waals surface area contributed by atoms with Crippen molar-refractivity contribution in [3.8, 4) is 0 Å². The molecular weight excluding hydrogens is 488 g/mol. The third kappa shape index (κ3) is 6.42. The molecule has 4 rings (SSSR count). The highest BCUT2D eigenvalue weighted by atomic mass is 32.2. The van der Waals surface area contributed by atoms with Gasteiger partial charge in [0.1, 0.15) is 0 Å². The van der Waals surface area contributed by atoms with E-state index in [2.05, 4.69) is 15.3 Å². The number of nitrogens with one attached hydrogen (secondary N) is 2. The standard InChI is InChI=1S/C27H40N6O3S/c1-2-37(35,36)33-11-7-20(8-12-33)25-18-32-26-23(25)13-21(14-24(26)27(29)34)22(15-28)17-31-10-9-30-16-19-5-3-4-6-19/h13-15,17-20,30,32H,2-12,16,28H2,1H3,(H2,29,34). The summed E-state index contributed by atoms with van der Waals surface area (Å²) in [5.41, 5.74) is 15.4. The minimum Gasteiger partial charge on any atom is -0.404 e. The van der Waals surface area contributed by atoms with Crippen molar-refractivity contribution in [2.24, 2.45) is 22.4 Å². The summed E-state index contributed by atoms with van der Waals surface area (Å²) in [5.74, 6) is 0.565. The van der Waals surface area contributed by atoms with Gasteiger partial charge < -0.3 is 21.8 Å². The van der Waals surface area contributed by atoms with E-state index in [1.165, 1.54) is 31.9 Å². The Labute approximate surface area is 219 Å². The number of H-pyrrole nitrogens is 1. The molecule has 1 saturated heterocycles. The predicted molar refractivity (Wildman–Crippen MR) is 150 cm³/mol. The molecule has 0 unspecified atom stereocenters. The number of carbonyl (C=O) groups excluding carboxylic acids is 1. The quantitative estimate of drug-likeness (QED) is 0.262. The Morgan fingerprint density at radius 1 is 1.22 bits per heavy atom. The summed E-state index contributed by atoms with van der Waals surface area (Å²) in [5, 5.41) is 4.40. The Hall–Kier alpha value is -2.69. The molecule has 1 aliphatic carbocycles. The largest absolute Gasteiger partial charge is 0.404 e. The molecular formula is C27H40N6O3S. The van der Waals surface area contributed by atoms with Gasteiger partial charge in [0.05, 0.1) is 23.4 Å². The van der Waals surface area contributed by atoms with Crippen molar-refractivity contribution in [1.29, 1.82) is 0 Å². The number of hydrogen-bond acceptors (Lipinski definition) is 6. The number of allylic oxidation sites excluding steroid dienone is 1. The molecule has 9 nitrogen and oxygen atoms in total. The van der Waals surface area contributed by atoms with Crippen molar-refractivity contribution in [1.82, 2.24) is 14.6 Å². The van der Waals surface area contributed by atoms with Crippen molar-refractivity contribution in [2.75, 3.05) is 38.5 Å². The third-order valence-corrected chi connectivity index (χ3v) is 9.69. The molecule has 202 valence electrons. The number of carbonyl (C=O) groups is 1. The molecule has 2 heterocycles. The van der Waals surface area contributed by atoms with Gasteiger partial charge in [0.15, 0.2) is 0 Å². The van der Waals surface area contributed by atoms with Crippen molar-refractivity contribution in [3.63, 3.8) is 0 Å². The predicted octanol–water partition coefficient (Wildman–Crippen LogP) is 2.95. The fourth-order valence-corrected chi connectivity index (χ4v) is 6.75. The number of nitrogens with two attached hydrogens (primary N) is 2. The zero-order valence-electron chi connectivity index (χ0n) is 21.7. The number of fused-ring (bicyclic) bond motifs is 1. The molecule has 0 bridgehead atoms. The van der Waals surface area contributed by atoms with Crippen LogP contribution in [0, 0.1) is 5.92 Å². The van der Waals surface area contributed by atoms with Crippen LogP contribution in [0.4, 0.5) is 0 Å². The lowest BCUT2D eigenvalue weighted by atomic mass is 9.88. The van der Waals surface area contributed by atoms with Crippen LogP contribution in [0.5, 0.6) is 0 Å². The van der Waals surface area contributed by atoms with Gasteiger partial charge in [-0.05, 0) is 74.2 Å². The molecule has 10 heteroatoms. The lowest BCUT2D eigenvalue weighted by Gasteiger charge is -2.31. The second kappa shape index (κ2) is 12.2. The molecule has 1 aromatic carbocycles. The van der Waals surface area contributed by atoms with E-state index in [0.29, 0.717) is 30.7 Å². The van der Waals surface area contributed by atoms with Crippen LogP contribution in [0.15, 0.2) is 29.5 Å². The molecule has 6 N–H and O–H groups in total. The Morgan fingerprint density at radius 2 is 1.95 bits per heavy atom. The van der Waals surface area contributed by atoms with Crippen molar-refractivity contribution < 1.29 is 13.2 Å². The first-order valence-corrected chi connectivity index (χ1v) is 15.0. The van der Waals surface area contributed by atoms with E-state index in [4.69, 9.17) is 11.5 Å². The third-order valence-electron chi connectivity index (χ3n) is 7.81. The zero-order valence-corrected chi connectivity index (χ0v) is 22.5. The summed E-state index contributed by atoms with van der Waals surface area (Å²) in [7, 11) is -3.19. The summed E-state index contributed by atoms with van der Waals surface area (Å²) >= 11 is 0. The lowest BCUT2D eigenvalue weighted by molar-refractivity contribution is 0.100. The first kappa shape index (κ1) is 27.3. The van der Waals surface area contributed by atoms with E-state index in [9.17, 15) is 13.2 Å². The highest BCUT2D eigenvalue weighted by Crippen LogP contribution is 2.36. The summed E-state index contributed by atoms with van der Waals surface area (Å²) < 4.78 is 26.1. The molecule has 1 aromatic heterocycles. The van der Waals surface area contributed by atoms with E-state index in [0.717, 1.165) is 53.9 Å². The topological polar surface area (TPSA) is 147 Å². The average molecular weight is 529 g/mol. The van der Waals surface area contributed by atoms with E-state index < -0.39 is 15.9 Å². The lowest BCUT2D eigenvalue weighted by Crippen LogP contribution is -2.38. The van der Waals surface area contributed by atoms with E-state index in [-0.39, 0.29) is 11.7 Å². The smallest absolute Gasteiger partial charge is 0.250 e. The number of rotatable bonds is 11. The molecule has 2 aromatic rings. The fraction of sp³-hybridized carbons (Fsp3) is 0.556. The highest BCUT2D eigenvalue weighted by molar-refractivity contribution is 7.89. The van der Waals surface area contributed by atoms with Crippen LogP contribution in [0.2, 0.25) is 0 Å². The SMILES string of the molecule is CCS(=O)(=O)N1CCC(c2c[nH]c3c(C(N)=O)cc(C(C=NCCNCC4CCCC4)=CN)cc23)CC1. The van der Waals surface area contributed by atoms with Crippen LogP contribution >= 0.6 is 0 Å². The number of aliphatic imine (C=N–C) groups is 1. The van der Waals surface area contributed by atoms with Crippen LogP contribution < -0.4 is 16.8 Å². The number of hydrogen-bond donors (Lipinski definition) is 4. The average Bonchev–Trinajstić information content (AvgIpc) is 3.58. The summed E-state index contributed by atoms with van der Waals surface area (Å²) in [6, 6.07) is 3.77. The van der Waals surface area contributed by atoms with Crippen LogP contribution in [-0.2, 0) is 10.0 Å². The second-order valence-electron chi connectivity index (χ2n) is 10.1. The number of sulfonamides is 1. The molecule has 1 aliphatic heterocycles. The summed E-state index contributed by atoms with van der Waals surface area (Å²) in [6.45, 7) is 5.16. The molecule has 1 saturated carbocycles. The maximum Gasteiger partial charge on any atom is 0.250 e. The van der Waals surface area contributed by atoms with Gasteiger partial charge in [-0.3, -0.25) is 9.79 Å². The Bertz CT molecular complexity index is 1250. The molecule has 2 aliphatic rings. The van der Waals surface area contributed by atoms with Gasteiger partial charge in [0.25, 0.3) is 5.91 Å². The van der Waals surface area contributed by atoms with Gasteiger partial charge in [-0.1, -0.05) is 12.8 Å². The molecule has 2 fully saturated rings. The van der Waals surface area contributed by atoms with Crippen LogP contribution in [0.3, 0.4) is 0 Å². The Morgan fingerprint density at radius 3 is 2.59 bits per heavy atom. The van der Waals surface area contributed by atoms with Crippen LogP contribution in [0.1, 0.15) is 72.9 Å². The molecule has 0 atom stereocenters. The number of primary amides is 1. The first-order valence-electron chi connectivity index (χ1n) is 13.4. The van der Waals surface area contributed by atoms with Crippen LogP contribution in [-0.4, -0.2) is 68.3 Å². The number of piperidine rings is 1. The van der Waals surface area contributed by atoms with Gasteiger partial charge in [0.2, 0.25) is 10.0 Å². The van der Waals surface area contributed by atoms with Gasteiger partial charge in [-0.2, -0.15) is 0 Å². The molecule has 1 amide bonds. The minimum atomic E-state index is -3.19. The Balaban J connectivity index is 1.50. The number of aromatic amines is 1. The highest BCUT2D eigenvalue weighted by Gasteiger charge is 2.29. The van der Waals surface area contributed by atoms with Crippen LogP contribution in [0.25, 0.3) is 16.5 Å². The normalized spacial score (nSPS) is 18.9. The van der Waals surface area contributed by atoms with Crippen molar-refractivity contribution in [3.05, 3.63) is 41.2 Å². The van der Waals surface area contributed by atoms with Gasteiger partial charge in [0, 0.05) is 49.2 Å². The fourth-order valence-electron chi connectivity index (χ4n) is 5.62. The number of amides is 1. The van der Waals surface area contributed by atoms with Crippen molar-refractivity contribution in [2.45, 2.75) is 51.4 Å². The monoisotopic (exact) mass is 528 g/mol. The molecule has 0 spiro atoms. The van der Waals surface area contributed by atoms with Gasteiger partial charge in [-0.25, -0.2) is 12.7 Å². The van der Waals surface area contributed by atoms with E-state index in [1.807, 2.05) is 12.3 Å². The number of benzene rings is 1. The molecule has 37 heavy (non-hydrogen) atoms. The maximum absolute atomic E-state index is 12.3. The number of aromatic nitrogens is 1. The summed E-state index contributed by atoms with van der Waals surface area (Å²) in [6.07, 6.45) is 11.9. The molecule has 0 radical (unpaired) electrons. The first-order chi connectivity index (χ1) is 17.8.